The van der Waals surface area contributed by atoms with Crippen LogP contribution in [0.5, 0.6) is 0 Å². The molecule has 1 aliphatic heterocycles. The predicted octanol–water partition coefficient (Wildman–Crippen LogP) is 2.64. The quantitative estimate of drug-likeness (QED) is 0.863. The van der Waals surface area contributed by atoms with Gasteiger partial charge in [0.2, 0.25) is 0 Å². The number of hydrogen-bond donors (Lipinski definition) is 1. The van der Waals surface area contributed by atoms with Crippen LogP contribution in [0.15, 0.2) is 24.4 Å². The van der Waals surface area contributed by atoms with E-state index in [9.17, 15) is 4.39 Å². The Morgan fingerprint density at radius 2 is 2.28 bits per heavy atom. The van der Waals surface area contributed by atoms with Gasteiger partial charge in [-0.15, -0.1) is 12.4 Å². The Hall–Kier alpha value is -1.13. The van der Waals surface area contributed by atoms with Gasteiger partial charge < -0.3 is 5.32 Å². The lowest BCUT2D eigenvalue weighted by Crippen LogP contribution is -2.39. The summed E-state index contributed by atoms with van der Waals surface area (Å²) in [5.41, 5.74) is 2.24. The van der Waals surface area contributed by atoms with Crippen LogP contribution in [0.25, 0.3) is 10.9 Å². The number of piperidine rings is 1. The van der Waals surface area contributed by atoms with E-state index in [-0.39, 0.29) is 18.4 Å². The van der Waals surface area contributed by atoms with Crippen LogP contribution in [-0.4, -0.2) is 29.0 Å². The van der Waals surface area contributed by atoms with Crippen LogP contribution < -0.4 is 5.32 Å². The SMILES string of the molecule is Cc1ccc2c(cnn2[C@@H]2CCNC[C@@H]2F)c1.Cl. The van der Waals surface area contributed by atoms with Crippen LogP contribution in [-0.2, 0) is 0 Å². The summed E-state index contributed by atoms with van der Waals surface area (Å²) in [6.45, 7) is 3.34. The zero-order valence-electron chi connectivity index (χ0n) is 10.3. The summed E-state index contributed by atoms with van der Waals surface area (Å²) in [5.74, 6) is 0. The van der Waals surface area contributed by atoms with Crippen molar-refractivity contribution in [2.45, 2.75) is 25.6 Å². The van der Waals surface area contributed by atoms with E-state index in [0.717, 1.165) is 23.9 Å². The molecule has 18 heavy (non-hydrogen) atoms. The van der Waals surface area contributed by atoms with Crippen LogP contribution in [0.2, 0.25) is 0 Å². The molecule has 1 N–H and O–H groups in total. The minimum absolute atomic E-state index is 0. The van der Waals surface area contributed by atoms with Crippen molar-refractivity contribution in [2.75, 3.05) is 13.1 Å². The average molecular weight is 270 g/mol. The molecule has 2 heterocycles. The summed E-state index contributed by atoms with van der Waals surface area (Å²) in [4.78, 5) is 0. The molecule has 0 amide bonds. The first-order chi connectivity index (χ1) is 8.25. The highest BCUT2D eigenvalue weighted by Gasteiger charge is 2.27. The zero-order chi connectivity index (χ0) is 11.8. The Balaban J connectivity index is 0.00000120. The second-order valence-electron chi connectivity index (χ2n) is 4.73. The molecule has 3 nitrogen and oxygen atoms in total. The molecule has 1 aromatic carbocycles. The third-order valence-corrected chi connectivity index (χ3v) is 3.44. The fraction of sp³-hybridized carbons (Fsp3) is 0.462. The molecule has 0 radical (unpaired) electrons. The number of alkyl halides is 1. The van der Waals surface area contributed by atoms with E-state index in [1.165, 1.54) is 5.56 Å². The van der Waals surface area contributed by atoms with Gasteiger partial charge in [-0.25, -0.2) is 4.39 Å². The normalized spacial score (nSPS) is 23.9. The maximum Gasteiger partial charge on any atom is 0.135 e. The smallest absolute Gasteiger partial charge is 0.135 e. The van der Waals surface area contributed by atoms with Crippen molar-refractivity contribution in [3.63, 3.8) is 0 Å². The number of halogens is 2. The summed E-state index contributed by atoms with van der Waals surface area (Å²) in [5, 5.41) is 8.52. The number of nitrogens with zero attached hydrogens (tertiary/aromatic N) is 2. The third kappa shape index (κ3) is 2.22. The van der Waals surface area contributed by atoms with Crippen molar-refractivity contribution in [3.05, 3.63) is 30.0 Å². The van der Waals surface area contributed by atoms with Crippen LogP contribution in [0.4, 0.5) is 4.39 Å². The van der Waals surface area contributed by atoms with Gasteiger partial charge in [0.15, 0.2) is 0 Å². The lowest BCUT2D eigenvalue weighted by atomic mass is 10.0. The maximum atomic E-state index is 13.9. The molecule has 0 aliphatic carbocycles. The molecule has 1 saturated heterocycles. The Morgan fingerprint density at radius 1 is 1.44 bits per heavy atom. The molecule has 2 atom stereocenters. The van der Waals surface area contributed by atoms with Gasteiger partial charge in [-0.1, -0.05) is 11.6 Å². The first kappa shape index (κ1) is 13.3. The molecule has 0 spiro atoms. The predicted molar refractivity (Wildman–Crippen MR) is 73.1 cm³/mol. The van der Waals surface area contributed by atoms with Crippen LogP contribution in [0.1, 0.15) is 18.0 Å². The van der Waals surface area contributed by atoms with Gasteiger partial charge in [0, 0.05) is 11.9 Å². The average Bonchev–Trinajstić information content (AvgIpc) is 2.72. The number of nitrogens with one attached hydrogen (secondary N) is 1. The maximum absolute atomic E-state index is 13.9. The second kappa shape index (κ2) is 5.24. The lowest BCUT2D eigenvalue weighted by molar-refractivity contribution is 0.177. The van der Waals surface area contributed by atoms with E-state index in [1.807, 2.05) is 16.9 Å². The molecular formula is C13H17ClFN3. The Kier molecular flexibility index (Phi) is 3.88. The summed E-state index contributed by atoms with van der Waals surface area (Å²) in [6.07, 6.45) is 1.77. The highest BCUT2D eigenvalue weighted by molar-refractivity contribution is 5.85. The largest absolute Gasteiger partial charge is 0.314 e. The fourth-order valence-electron chi connectivity index (χ4n) is 2.52. The summed E-state index contributed by atoms with van der Waals surface area (Å²) < 4.78 is 15.7. The minimum atomic E-state index is -0.854. The summed E-state index contributed by atoms with van der Waals surface area (Å²) in [7, 11) is 0. The zero-order valence-corrected chi connectivity index (χ0v) is 11.1. The van der Waals surface area contributed by atoms with Crippen LogP contribution in [0.3, 0.4) is 0 Å². The molecule has 3 rings (SSSR count). The van der Waals surface area contributed by atoms with Crippen LogP contribution >= 0.6 is 12.4 Å². The van der Waals surface area contributed by atoms with Gasteiger partial charge in [-0.05, 0) is 32.0 Å². The van der Waals surface area contributed by atoms with E-state index in [1.54, 1.807) is 0 Å². The monoisotopic (exact) mass is 269 g/mol. The lowest BCUT2D eigenvalue weighted by Gasteiger charge is -2.27. The Bertz CT molecular complexity index is 540. The topological polar surface area (TPSA) is 29.9 Å². The molecule has 0 bridgehead atoms. The number of aromatic nitrogens is 2. The first-order valence-corrected chi connectivity index (χ1v) is 6.04. The molecule has 1 aliphatic rings. The minimum Gasteiger partial charge on any atom is -0.314 e. The van der Waals surface area contributed by atoms with E-state index < -0.39 is 6.17 Å². The first-order valence-electron chi connectivity index (χ1n) is 6.04. The van der Waals surface area contributed by atoms with Gasteiger partial charge in [-0.3, -0.25) is 4.68 Å². The number of rotatable bonds is 1. The molecule has 98 valence electrons. The molecule has 1 fully saturated rings. The van der Waals surface area contributed by atoms with E-state index in [0.29, 0.717) is 6.54 Å². The Labute approximate surface area is 112 Å². The van der Waals surface area contributed by atoms with Gasteiger partial charge >= 0.3 is 0 Å². The molecule has 2 aromatic rings. The summed E-state index contributed by atoms with van der Waals surface area (Å²) in [6, 6.07) is 6.05. The van der Waals surface area contributed by atoms with E-state index in [2.05, 4.69) is 29.5 Å². The molecule has 5 heteroatoms. The van der Waals surface area contributed by atoms with Crippen molar-refractivity contribution in [1.82, 2.24) is 15.1 Å². The third-order valence-electron chi connectivity index (χ3n) is 3.44. The molecule has 0 unspecified atom stereocenters. The second-order valence-corrected chi connectivity index (χ2v) is 4.73. The number of benzene rings is 1. The Morgan fingerprint density at radius 3 is 3.06 bits per heavy atom. The fourth-order valence-corrected chi connectivity index (χ4v) is 2.52. The van der Waals surface area contributed by atoms with Gasteiger partial charge in [0.05, 0.1) is 17.8 Å². The standard InChI is InChI=1S/C13H16FN3.ClH/c1-9-2-3-12-10(6-9)7-16-17(12)13-4-5-15-8-11(13)14;/h2-3,6-7,11,13,15H,4-5,8H2,1H3;1H/t11-,13+;/m0./s1. The van der Waals surface area contributed by atoms with E-state index in [4.69, 9.17) is 0 Å². The van der Waals surface area contributed by atoms with Crippen molar-refractivity contribution < 1.29 is 4.39 Å². The number of hydrogen-bond acceptors (Lipinski definition) is 2. The molecule has 0 saturated carbocycles. The van der Waals surface area contributed by atoms with Gasteiger partial charge in [-0.2, -0.15) is 5.10 Å². The van der Waals surface area contributed by atoms with Crippen molar-refractivity contribution >= 4 is 23.3 Å². The van der Waals surface area contributed by atoms with Crippen molar-refractivity contribution in [2.24, 2.45) is 0 Å². The highest BCUT2D eigenvalue weighted by atomic mass is 35.5. The molecular weight excluding hydrogens is 253 g/mol. The van der Waals surface area contributed by atoms with Gasteiger partial charge in [0.25, 0.3) is 0 Å². The highest BCUT2D eigenvalue weighted by Crippen LogP contribution is 2.26. The number of fused-ring (bicyclic) bond motifs is 1. The van der Waals surface area contributed by atoms with E-state index >= 15 is 0 Å². The van der Waals surface area contributed by atoms with Crippen molar-refractivity contribution in [3.8, 4) is 0 Å². The van der Waals surface area contributed by atoms with Crippen molar-refractivity contribution in [1.29, 1.82) is 0 Å². The molecule has 1 aromatic heterocycles. The summed E-state index contributed by atoms with van der Waals surface area (Å²) >= 11 is 0. The van der Waals surface area contributed by atoms with Gasteiger partial charge in [0.1, 0.15) is 6.17 Å². The van der Waals surface area contributed by atoms with Crippen LogP contribution in [0, 0.1) is 6.92 Å². The number of aryl methyl sites for hydroxylation is 1.